The second-order valence-corrected chi connectivity index (χ2v) is 6.78. The van der Waals surface area contributed by atoms with Crippen LogP contribution in [-0.2, 0) is 14.3 Å². The van der Waals surface area contributed by atoms with Gasteiger partial charge in [0.2, 0.25) is 5.91 Å². The van der Waals surface area contributed by atoms with Crippen molar-refractivity contribution in [1.82, 2.24) is 0 Å². The third-order valence-corrected chi connectivity index (χ3v) is 5.06. The standard InChI is InChI=1S/C21H23N3O4/c1-27-16-8-6-15(7-9-16)24-20(25)14-18(21(24)26)22-17-4-2-3-5-19(17)23-10-12-28-13-11-23/h2-9,18,22H,10-14H2,1H3/t18-/m0/s1. The first-order valence-corrected chi connectivity index (χ1v) is 9.36. The van der Waals surface area contributed by atoms with Crippen molar-refractivity contribution in [2.24, 2.45) is 0 Å². The Bertz CT molecular complexity index is 862. The van der Waals surface area contributed by atoms with E-state index in [2.05, 4.69) is 10.2 Å². The molecular weight excluding hydrogens is 358 g/mol. The first-order chi connectivity index (χ1) is 13.7. The lowest BCUT2D eigenvalue weighted by atomic mass is 10.2. The number of imide groups is 1. The fourth-order valence-electron chi connectivity index (χ4n) is 3.61. The van der Waals surface area contributed by atoms with Crippen LogP contribution in [0.3, 0.4) is 0 Å². The van der Waals surface area contributed by atoms with Crippen molar-refractivity contribution in [3.63, 3.8) is 0 Å². The van der Waals surface area contributed by atoms with Gasteiger partial charge in [-0.3, -0.25) is 9.59 Å². The maximum atomic E-state index is 12.9. The molecule has 7 nitrogen and oxygen atoms in total. The molecule has 2 aliphatic rings. The zero-order valence-corrected chi connectivity index (χ0v) is 15.8. The van der Waals surface area contributed by atoms with Crippen LogP contribution in [0.5, 0.6) is 5.75 Å². The van der Waals surface area contributed by atoms with E-state index in [1.165, 1.54) is 4.90 Å². The summed E-state index contributed by atoms with van der Waals surface area (Å²) in [5.74, 6) is 0.223. The first kappa shape index (κ1) is 18.3. The van der Waals surface area contributed by atoms with Crippen LogP contribution in [-0.4, -0.2) is 51.3 Å². The van der Waals surface area contributed by atoms with E-state index in [1.807, 2.05) is 24.3 Å². The number of benzene rings is 2. The number of hydrogen-bond acceptors (Lipinski definition) is 6. The molecule has 1 N–H and O–H groups in total. The Morgan fingerprint density at radius 3 is 2.46 bits per heavy atom. The van der Waals surface area contributed by atoms with E-state index in [9.17, 15) is 9.59 Å². The van der Waals surface area contributed by atoms with Gasteiger partial charge in [0.15, 0.2) is 0 Å². The molecule has 7 heteroatoms. The molecule has 0 spiro atoms. The van der Waals surface area contributed by atoms with Gasteiger partial charge in [0, 0.05) is 13.1 Å². The average molecular weight is 381 g/mol. The molecule has 2 aromatic rings. The second kappa shape index (κ2) is 7.90. The number of nitrogens with zero attached hydrogens (tertiary/aromatic N) is 2. The van der Waals surface area contributed by atoms with Gasteiger partial charge in [-0.25, -0.2) is 4.90 Å². The number of nitrogens with one attached hydrogen (secondary N) is 1. The van der Waals surface area contributed by atoms with Crippen molar-refractivity contribution >= 4 is 28.9 Å². The van der Waals surface area contributed by atoms with Crippen molar-refractivity contribution in [3.8, 4) is 5.75 Å². The molecule has 2 saturated heterocycles. The lowest BCUT2D eigenvalue weighted by Crippen LogP contribution is -2.38. The molecule has 0 unspecified atom stereocenters. The molecule has 1 atom stereocenters. The Hall–Kier alpha value is -3.06. The quantitative estimate of drug-likeness (QED) is 0.802. The van der Waals surface area contributed by atoms with Gasteiger partial charge in [0.05, 0.1) is 43.8 Å². The van der Waals surface area contributed by atoms with Crippen molar-refractivity contribution in [3.05, 3.63) is 48.5 Å². The van der Waals surface area contributed by atoms with Crippen LogP contribution in [0.25, 0.3) is 0 Å². The highest BCUT2D eigenvalue weighted by molar-refractivity contribution is 6.23. The summed E-state index contributed by atoms with van der Waals surface area (Å²) in [6, 6.07) is 14.2. The monoisotopic (exact) mass is 381 g/mol. The molecule has 0 radical (unpaired) electrons. The normalized spacial score (nSPS) is 19.8. The fourth-order valence-corrected chi connectivity index (χ4v) is 3.61. The van der Waals surface area contributed by atoms with Crippen molar-refractivity contribution < 1.29 is 19.1 Å². The number of rotatable bonds is 5. The van der Waals surface area contributed by atoms with E-state index in [-0.39, 0.29) is 18.2 Å². The zero-order valence-electron chi connectivity index (χ0n) is 15.8. The van der Waals surface area contributed by atoms with Gasteiger partial charge >= 0.3 is 0 Å². The topological polar surface area (TPSA) is 71.1 Å². The molecule has 2 fully saturated rings. The Morgan fingerprint density at radius 2 is 1.75 bits per heavy atom. The van der Waals surface area contributed by atoms with Crippen LogP contribution >= 0.6 is 0 Å². The lowest BCUT2D eigenvalue weighted by molar-refractivity contribution is -0.121. The summed E-state index contributed by atoms with van der Waals surface area (Å²) in [5, 5.41) is 3.29. The SMILES string of the molecule is COc1ccc(N2C(=O)C[C@H](Nc3ccccc3N3CCOCC3)C2=O)cc1. The highest BCUT2D eigenvalue weighted by atomic mass is 16.5. The number of amides is 2. The van der Waals surface area contributed by atoms with Crippen molar-refractivity contribution in [2.75, 3.05) is 48.5 Å². The van der Waals surface area contributed by atoms with Crippen LogP contribution in [0.15, 0.2) is 48.5 Å². The van der Waals surface area contributed by atoms with Crippen molar-refractivity contribution in [1.29, 1.82) is 0 Å². The fraction of sp³-hybridized carbons (Fsp3) is 0.333. The van der Waals surface area contributed by atoms with E-state index >= 15 is 0 Å². The number of anilines is 3. The number of carbonyl (C=O) groups excluding carboxylic acids is 2. The van der Waals surface area contributed by atoms with Gasteiger partial charge in [0.25, 0.3) is 5.91 Å². The lowest BCUT2D eigenvalue weighted by Gasteiger charge is -2.31. The number of ether oxygens (including phenoxy) is 2. The van der Waals surface area contributed by atoms with Gasteiger partial charge in [-0.2, -0.15) is 0 Å². The van der Waals surface area contributed by atoms with Crippen LogP contribution in [0.4, 0.5) is 17.1 Å². The molecule has 146 valence electrons. The number of methoxy groups -OCH3 is 1. The zero-order chi connectivity index (χ0) is 19.5. The van der Waals surface area contributed by atoms with Crippen LogP contribution in [0.2, 0.25) is 0 Å². The highest BCUT2D eigenvalue weighted by Crippen LogP contribution is 2.31. The molecule has 2 heterocycles. The van der Waals surface area contributed by atoms with Crippen LogP contribution < -0.4 is 19.9 Å². The minimum absolute atomic E-state index is 0.127. The first-order valence-electron chi connectivity index (χ1n) is 9.36. The van der Waals surface area contributed by atoms with E-state index in [0.29, 0.717) is 24.7 Å². The summed E-state index contributed by atoms with van der Waals surface area (Å²) in [6.07, 6.45) is 0.127. The molecule has 0 aromatic heterocycles. The summed E-state index contributed by atoms with van der Waals surface area (Å²) in [7, 11) is 1.58. The van der Waals surface area contributed by atoms with Crippen LogP contribution in [0, 0.1) is 0 Å². The average Bonchev–Trinajstić information content (AvgIpc) is 3.02. The molecule has 2 aliphatic heterocycles. The summed E-state index contributed by atoms with van der Waals surface area (Å²) >= 11 is 0. The van der Waals surface area contributed by atoms with Gasteiger partial charge < -0.3 is 19.7 Å². The summed E-state index contributed by atoms with van der Waals surface area (Å²) < 4.78 is 10.6. The van der Waals surface area contributed by atoms with Gasteiger partial charge in [0.1, 0.15) is 11.8 Å². The third kappa shape index (κ3) is 3.53. The number of morpholine rings is 1. The minimum atomic E-state index is -0.586. The Morgan fingerprint density at radius 1 is 1.04 bits per heavy atom. The van der Waals surface area contributed by atoms with Gasteiger partial charge in [-0.05, 0) is 36.4 Å². The maximum Gasteiger partial charge on any atom is 0.256 e. The largest absolute Gasteiger partial charge is 0.497 e. The molecular formula is C21H23N3O4. The van der Waals surface area contributed by atoms with E-state index in [4.69, 9.17) is 9.47 Å². The number of para-hydroxylation sites is 2. The Kier molecular flexibility index (Phi) is 5.16. The Labute approximate surface area is 163 Å². The molecule has 0 saturated carbocycles. The van der Waals surface area contributed by atoms with Crippen LogP contribution in [0.1, 0.15) is 6.42 Å². The minimum Gasteiger partial charge on any atom is -0.497 e. The summed E-state index contributed by atoms with van der Waals surface area (Å²) in [5.41, 5.74) is 2.43. The summed E-state index contributed by atoms with van der Waals surface area (Å²) in [6.45, 7) is 2.96. The Balaban J connectivity index is 1.53. The molecule has 28 heavy (non-hydrogen) atoms. The molecule has 0 bridgehead atoms. The van der Waals surface area contributed by atoms with Crippen molar-refractivity contribution in [2.45, 2.75) is 12.5 Å². The molecule has 0 aliphatic carbocycles. The molecule has 2 amide bonds. The van der Waals surface area contributed by atoms with E-state index < -0.39 is 6.04 Å². The van der Waals surface area contributed by atoms with E-state index in [0.717, 1.165) is 24.5 Å². The predicted octanol–water partition coefficient (Wildman–Crippen LogP) is 2.28. The van der Waals surface area contributed by atoms with Gasteiger partial charge in [-0.15, -0.1) is 0 Å². The number of carbonyl (C=O) groups is 2. The predicted molar refractivity (Wildman–Crippen MR) is 107 cm³/mol. The molecule has 4 rings (SSSR count). The second-order valence-electron chi connectivity index (χ2n) is 6.78. The smallest absolute Gasteiger partial charge is 0.256 e. The maximum absolute atomic E-state index is 12.9. The molecule has 2 aromatic carbocycles. The van der Waals surface area contributed by atoms with Gasteiger partial charge in [-0.1, -0.05) is 12.1 Å². The summed E-state index contributed by atoms with van der Waals surface area (Å²) in [4.78, 5) is 28.9. The van der Waals surface area contributed by atoms with E-state index in [1.54, 1.807) is 31.4 Å². The third-order valence-electron chi connectivity index (χ3n) is 5.06. The highest BCUT2D eigenvalue weighted by Gasteiger charge is 2.40. The number of hydrogen-bond donors (Lipinski definition) is 1.